The Morgan fingerprint density at radius 2 is 1.89 bits per heavy atom. The summed E-state index contributed by atoms with van der Waals surface area (Å²) in [5, 5.41) is 11.6. The Balaban J connectivity index is 1.83. The van der Waals surface area contributed by atoms with E-state index >= 15 is 0 Å². The van der Waals surface area contributed by atoms with Crippen molar-refractivity contribution in [3.8, 4) is 0 Å². The van der Waals surface area contributed by atoms with Crippen molar-refractivity contribution in [2.45, 2.75) is 52.5 Å². The molecule has 0 aromatic carbocycles. The molecule has 1 aliphatic heterocycles. The van der Waals surface area contributed by atoms with Crippen LogP contribution in [0.15, 0.2) is 18.3 Å². The second-order valence-corrected chi connectivity index (χ2v) is 7.52. The van der Waals surface area contributed by atoms with Crippen LogP contribution in [0, 0.1) is 5.92 Å². The second-order valence-electron chi connectivity index (χ2n) is 7.52. The first-order valence-electron chi connectivity index (χ1n) is 10.0. The lowest BCUT2D eigenvalue weighted by Crippen LogP contribution is -2.52. The van der Waals surface area contributed by atoms with Crippen LogP contribution in [0.5, 0.6) is 0 Å². The summed E-state index contributed by atoms with van der Waals surface area (Å²) in [5.74, 6) is 1.54. The van der Waals surface area contributed by atoms with E-state index in [1.54, 1.807) is 0 Å². The molecule has 1 aliphatic rings. The zero-order valence-electron chi connectivity index (χ0n) is 16.8. The number of carbonyl (C=O) groups is 1. The van der Waals surface area contributed by atoms with Gasteiger partial charge in [-0.15, -0.1) is 10.2 Å². The predicted molar refractivity (Wildman–Crippen MR) is 106 cm³/mol. The molecule has 3 rings (SSSR count). The van der Waals surface area contributed by atoms with Gasteiger partial charge in [-0.05, 0) is 18.1 Å². The molecule has 2 aromatic heterocycles. The Morgan fingerprint density at radius 1 is 1.19 bits per heavy atom. The van der Waals surface area contributed by atoms with Gasteiger partial charge in [-0.25, -0.2) is 0 Å². The van der Waals surface area contributed by atoms with Gasteiger partial charge in [0.2, 0.25) is 5.91 Å². The van der Waals surface area contributed by atoms with Crippen molar-refractivity contribution in [2.24, 2.45) is 5.92 Å². The van der Waals surface area contributed by atoms with Crippen LogP contribution in [0.4, 0.5) is 5.69 Å². The van der Waals surface area contributed by atoms with Crippen molar-refractivity contribution in [1.82, 2.24) is 19.5 Å². The van der Waals surface area contributed by atoms with Gasteiger partial charge in [-0.2, -0.15) is 0 Å². The number of rotatable bonds is 7. The molecular weight excluding hydrogens is 342 g/mol. The fourth-order valence-corrected chi connectivity index (χ4v) is 3.86. The predicted octanol–water partition coefficient (Wildman–Crippen LogP) is 2.93. The lowest BCUT2D eigenvalue weighted by molar-refractivity contribution is -0.125. The van der Waals surface area contributed by atoms with Gasteiger partial charge in [-0.1, -0.05) is 40.5 Å². The van der Waals surface area contributed by atoms with Gasteiger partial charge < -0.3 is 10.1 Å². The number of nitrogens with zero attached hydrogens (tertiary/aromatic N) is 4. The van der Waals surface area contributed by atoms with Crippen LogP contribution in [0.2, 0.25) is 0 Å². The van der Waals surface area contributed by atoms with E-state index < -0.39 is 0 Å². The summed E-state index contributed by atoms with van der Waals surface area (Å²) in [5.41, 5.74) is 1.57. The highest BCUT2D eigenvalue weighted by molar-refractivity contribution is 5.95. The molecule has 1 saturated heterocycles. The van der Waals surface area contributed by atoms with E-state index in [-0.39, 0.29) is 17.9 Å². The second kappa shape index (κ2) is 8.80. The summed E-state index contributed by atoms with van der Waals surface area (Å²) in [6.45, 7) is 11.5. The Bertz CT molecular complexity index is 763. The van der Waals surface area contributed by atoms with Crippen LogP contribution in [-0.4, -0.2) is 57.8 Å². The first-order chi connectivity index (χ1) is 13.0. The van der Waals surface area contributed by atoms with Crippen LogP contribution in [0.3, 0.4) is 0 Å². The van der Waals surface area contributed by atoms with Gasteiger partial charge in [0.15, 0.2) is 5.65 Å². The summed E-state index contributed by atoms with van der Waals surface area (Å²) in [7, 11) is 0. The topological polar surface area (TPSA) is 71.8 Å². The zero-order chi connectivity index (χ0) is 19.4. The standard InChI is InChI=1S/C20H31N5O2/c1-5-15(6-2)18(24-9-11-27-12-10-24)20(26)21-16-7-8-17-22-23-19(14(3)4)25(17)13-16/h7-8,13-15,18H,5-6,9-12H2,1-4H3,(H,21,26). The van der Waals surface area contributed by atoms with E-state index in [1.165, 1.54) is 0 Å². The van der Waals surface area contributed by atoms with E-state index in [0.717, 1.165) is 43.1 Å². The average molecular weight is 374 g/mol. The quantitative estimate of drug-likeness (QED) is 0.808. The molecule has 1 unspecified atom stereocenters. The average Bonchev–Trinajstić information content (AvgIpc) is 3.10. The Labute approximate surface area is 161 Å². The minimum Gasteiger partial charge on any atom is -0.379 e. The molecule has 0 bridgehead atoms. The molecule has 0 saturated carbocycles. The number of fused-ring (bicyclic) bond motifs is 1. The van der Waals surface area contributed by atoms with E-state index in [2.05, 4.69) is 48.1 Å². The van der Waals surface area contributed by atoms with Gasteiger partial charge in [0.1, 0.15) is 5.82 Å². The number of nitrogens with one attached hydrogen (secondary N) is 1. The van der Waals surface area contributed by atoms with Crippen molar-refractivity contribution >= 4 is 17.2 Å². The SMILES string of the molecule is CCC(CC)C(C(=O)Nc1ccc2nnc(C(C)C)n2c1)N1CCOCC1. The number of hydrogen-bond donors (Lipinski definition) is 1. The Morgan fingerprint density at radius 3 is 2.52 bits per heavy atom. The van der Waals surface area contributed by atoms with Crippen molar-refractivity contribution in [2.75, 3.05) is 31.6 Å². The van der Waals surface area contributed by atoms with Crippen molar-refractivity contribution in [1.29, 1.82) is 0 Å². The summed E-state index contributed by atoms with van der Waals surface area (Å²) < 4.78 is 7.44. The maximum atomic E-state index is 13.2. The summed E-state index contributed by atoms with van der Waals surface area (Å²) in [6.07, 6.45) is 3.88. The van der Waals surface area contributed by atoms with Gasteiger partial charge >= 0.3 is 0 Å². The number of morpholine rings is 1. The Kier molecular flexibility index (Phi) is 6.44. The first kappa shape index (κ1) is 19.8. The Hall–Kier alpha value is -1.99. The molecule has 148 valence electrons. The summed E-state index contributed by atoms with van der Waals surface area (Å²) in [6, 6.07) is 3.66. The molecule has 1 atom stereocenters. The lowest BCUT2D eigenvalue weighted by Gasteiger charge is -2.37. The van der Waals surface area contributed by atoms with Crippen LogP contribution in [0.1, 0.15) is 52.3 Å². The number of carbonyl (C=O) groups excluding carboxylic acids is 1. The highest BCUT2D eigenvalue weighted by Crippen LogP contribution is 2.23. The maximum Gasteiger partial charge on any atom is 0.242 e. The van der Waals surface area contributed by atoms with Crippen LogP contribution in [0.25, 0.3) is 5.65 Å². The first-order valence-corrected chi connectivity index (χ1v) is 10.0. The fraction of sp³-hybridized carbons (Fsp3) is 0.650. The fourth-order valence-electron chi connectivity index (χ4n) is 3.86. The summed E-state index contributed by atoms with van der Waals surface area (Å²) in [4.78, 5) is 15.5. The molecule has 1 fully saturated rings. The van der Waals surface area contributed by atoms with Crippen molar-refractivity contribution in [3.63, 3.8) is 0 Å². The van der Waals surface area contributed by atoms with Gasteiger partial charge in [0.25, 0.3) is 0 Å². The molecule has 0 spiro atoms. The lowest BCUT2D eigenvalue weighted by atomic mass is 9.91. The molecule has 1 amide bonds. The maximum absolute atomic E-state index is 13.2. The molecule has 0 aliphatic carbocycles. The third-order valence-corrected chi connectivity index (χ3v) is 5.42. The molecule has 1 N–H and O–H groups in total. The minimum absolute atomic E-state index is 0.0594. The molecule has 7 nitrogen and oxygen atoms in total. The number of ether oxygens (including phenoxy) is 1. The number of anilines is 1. The molecule has 2 aromatic rings. The largest absolute Gasteiger partial charge is 0.379 e. The molecular formula is C20H31N5O2. The van der Waals surface area contributed by atoms with Crippen LogP contribution >= 0.6 is 0 Å². The minimum atomic E-state index is -0.134. The number of amides is 1. The number of aromatic nitrogens is 3. The van der Waals surface area contributed by atoms with Crippen molar-refractivity contribution < 1.29 is 9.53 Å². The third-order valence-electron chi connectivity index (χ3n) is 5.42. The van der Waals surface area contributed by atoms with E-state index in [4.69, 9.17) is 4.74 Å². The van der Waals surface area contributed by atoms with Crippen molar-refractivity contribution in [3.05, 3.63) is 24.2 Å². The molecule has 27 heavy (non-hydrogen) atoms. The zero-order valence-corrected chi connectivity index (χ0v) is 16.8. The number of pyridine rings is 1. The molecule has 0 radical (unpaired) electrons. The monoisotopic (exact) mass is 373 g/mol. The van der Waals surface area contributed by atoms with Crippen LogP contribution < -0.4 is 5.32 Å². The van der Waals surface area contributed by atoms with E-state index in [0.29, 0.717) is 19.1 Å². The number of hydrogen-bond acceptors (Lipinski definition) is 5. The normalized spacial score (nSPS) is 17.0. The summed E-state index contributed by atoms with van der Waals surface area (Å²) >= 11 is 0. The highest BCUT2D eigenvalue weighted by atomic mass is 16.5. The third kappa shape index (κ3) is 4.30. The molecule has 7 heteroatoms. The van der Waals surface area contributed by atoms with E-state index in [9.17, 15) is 4.79 Å². The van der Waals surface area contributed by atoms with Gasteiger partial charge in [0.05, 0.1) is 24.9 Å². The molecule has 3 heterocycles. The van der Waals surface area contributed by atoms with E-state index in [1.807, 2.05) is 22.7 Å². The smallest absolute Gasteiger partial charge is 0.242 e. The van der Waals surface area contributed by atoms with Crippen LogP contribution in [-0.2, 0) is 9.53 Å². The van der Waals surface area contributed by atoms with Gasteiger partial charge in [-0.3, -0.25) is 14.1 Å². The van der Waals surface area contributed by atoms with Gasteiger partial charge in [0, 0.05) is 25.2 Å². The highest BCUT2D eigenvalue weighted by Gasteiger charge is 2.33.